The van der Waals surface area contributed by atoms with Crippen molar-refractivity contribution in [3.05, 3.63) is 17.7 Å². The van der Waals surface area contributed by atoms with E-state index in [1.54, 1.807) is 0 Å². The summed E-state index contributed by atoms with van der Waals surface area (Å²) in [6.45, 7) is 0.738. The maximum atomic E-state index is 9.63. The standard InChI is InChI=1S/C13H20N2OS/c16-12-3-4-13-14-11(7-15(13)8-12)6-10-2-1-5-17-9-10/h7,10,12,16H,1-6,8-9H2. The van der Waals surface area contributed by atoms with Gasteiger partial charge in [0.05, 0.1) is 11.8 Å². The fourth-order valence-corrected chi connectivity index (χ4v) is 4.00. The average molecular weight is 252 g/mol. The SMILES string of the molecule is OC1CCc2nc(CC3CCCSC3)cn2C1. The Morgan fingerprint density at radius 1 is 1.47 bits per heavy atom. The number of hydrogen-bond donors (Lipinski definition) is 1. The van der Waals surface area contributed by atoms with E-state index in [1.165, 1.54) is 35.9 Å². The van der Waals surface area contributed by atoms with E-state index in [-0.39, 0.29) is 6.10 Å². The summed E-state index contributed by atoms with van der Waals surface area (Å²) in [6, 6.07) is 0. The van der Waals surface area contributed by atoms with E-state index in [9.17, 15) is 5.11 Å². The van der Waals surface area contributed by atoms with Gasteiger partial charge in [-0.3, -0.25) is 0 Å². The van der Waals surface area contributed by atoms with Gasteiger partial charge in [0.15, 0.2) is 0 Å². The smallest absolute Gasteiger partial charge is 0.109 e. The van der Waals surface area contributed by atoms with Crippen LogP contribution in [-0.4, -0.2) is 32.3 Å². The van der Waals surface area contributed by atoms with Gasteiger partial charge >= 0.3 is 0 Å². The molecular formula is C13H20N2OS. The molecule has 0 aromatic carbocycles. The summed E-state index contributed by atoms with van der Waals surface area (Å²) in [5.41, 5.74) is 1.24. The van der Waals surface area contributed by atoms with Crippen LogP contribution in [0, 0.1) is 5.92 Å². The van der Waals surface area contributed by atoms with Crippen molar-refractivity contribution in [1.82, 2.24) is 9.55 Å². The molecule has 2 atom stereocenters. The molecule has 1 saturated heterocycles. The highest BCUT2D eigenvalue weighted by Crippen LogP contribution is 2.26. The molecule has 1 aromatic heterocycles. The van der Waals surface area contributed by atoms with Crippen LogP contribution in [0.15, 0.2) is 6.20 Å². The van der Waals surface area contributed by atoms with Gasteiger partial charge in [-0.1, -0.05) is 0 Å². The van der Waals surface area contributed by atoms with Crippen molar-refractivity contribution < 1.29 is 5.11 Å². The Morgan fingerprint density at radius 3 is 3.24 bits per heavy atom. The highest BCUT2D eigenvalue weighted by atomic mass is 32.2. The van der Waals surface area contributed by atoms with Gasteiger partial charge in [0.25, 0.3) is 0 Å². The van der Waals surface area contributed by atoms with Gasteiger partial charge in [0.2, 0.25) is 0 Å². The number of aliphatic hydroxyl groups excluding tert-OH is 1. The van der Waals surface area contributed by atoms with Crippen molar-refractivity contribution in [3.63, 3.8) is 0 Å². The van der Waals surface area contributed by atoms with Gasteiger partial charge in [-0.05, 0) is 43.1 Å². The zero-order chi connectivity index (χ0) is 11.7. The molecule has 1 aromatic rings. The number of fused-ring (bicyclic) bond motifs is 1. The van der Waals surface area contributed by atoms with Crippen LogP contribution in [0.1, 0.15) is 30.8 Å². The Balaban J connectivity index is 1.67. The Hall–Kier alpha value is -0.480. The fourth-order valence-electron chi connectivity index (χ4n) is 2.85. The van der Waals surface area contributed by atoms with Crippen LogP contribution in [0.4, 0.5) is 0 Å². The number of rotatable bonds is 2. The van der Waals surface area contributed by atoms with Crippen LogP contribution < -0.4 is 0 Å². The zero-order valence-electron chi connectivity index (χ0n) is 10.1. The lowest BCUT2D eigenvalue weighted by Crippen LogP contribution is -2.23. The predicted octanol–water partition coefficient (Wildman–Crippen LogP) is 1.88. The molecule has 0 aliphatic carbocycles. The maximum absolute atomic E-state index is 9.63. The summed E-state index contributed by atoms with van der Waals surface area (Å²) in [5, 5.41) is 9.63. The van der Waals surface area contributed by atoms with Crippen LogP contribution in [-0.2, 0) is 19.4 Å². The second kappa shape index (κ2) is 5.02. The Morgan fingerprint density at radius 2 is 2.41 bits per heavy atom. The molecule has 0 bridgehead atoms. The van der Waals surface area contributed by atoms with E-state index in [0.717, 1.165) is 31.7 Å². The molecule has 3 nitrogen and oxygen atoms in total. The summed E-state index contributed by atoms with van der Waals surface area (Å²) in [6.07, 6.45) is 7.64. The summed E-state index contributed by atoms with van der Waals surface area (Å²) in [5.74, 6) is 4.62. The van der Waals surface area contributed by atoms with Gasteiger partial charge in [0, 0.05) is 19.2 Å². The summed E-state index contributed by atoms with van der Waals surface area (Å²) in [4.78, 5) is 4.72. The number of hydrogen-bond acceptors (Lipinski definition) is 3. The van der Waals surface area contributed by atoms with Crippen LogP contribution in [0.25, 0.3) is 0 Å². The molecule has 0 amide bonds. The topological polar surface area (TPSA) is 38.1 Å². The Bertz CT molecular complexity index is 385. The first-order valence-corrected chi connectivity index (χ1v) is 7.77. The second-order valence-corrected chi connectivity index (χ2v) is 6.43. The Kier molecular flexibility index (Phi) is 3.43. The molecule has 1 fully saturated rings. The van der Waals surface area contributed by atoms with E-state index in [0.29, 0.717) is 0 Å². The van der Waals surface area contributed by atoms with Crippen LogP contribution in [0.3, 0.4) is 0 Å². The minimum Gasteiger partial charge on any atom is -0.391 e. The van der Waals surface area contributed by atoms with Crippen LogP contribution in [0.5, 0.6) is 0 Å². The van der Waals surface area contributed by atoms with E-state index >= 15 is 0 Å². The van der Waals surface area contributed by atoms with Crippen molar-refractivity contribution >= 4 is 11.8 Å². The number of aryl methyl sites for hydroxylation is 1. The number of aromatic nitrogens is 2. The maximum Gasteiger partial charge on any atom is 0.109 e. The molecule has 2 aliphatic rings. The van der Waals surface area contributed by atoms with Gasteiger partial charge in [0.1, 0.15) is 5.82 Å². The fraction of sp³-hybridized carbons (Fsp3) is 0.769. The predicted molar refractivity (Wildman–Crippen MR) is 70.3 cm³/mol. The molecule has 2 unspecified atom stereocenters. The largest absolute Gasteiger partial charge is 0.391 e. The molecule has 94 valence electrons. The Labute approximate surface area is 107 Å². The number of imidazole rings is 1. The van der Waals surface area contributed by atoms with Crippen molar-refractivity contribution in [2.24, 2.45) is 5.92 Å². The first kappa shape index (κ1) is 11.6. The van der Waals surface area contributed by atoms with Crippen LogP contribution >= 0.6 is 11.8 Å². The summed E-state index contributed by atoms with van der Waals surface area (Å²) >= 11 is 2.08. The second-order valence-electron chi connectivity index (χ2n) is 5.28. The average Bonchev–Trinajstić information content (AvgIpc) is 2.71. The molecule has 1 N–H and O–H groups in total. The minimum absolute atomic E-state index is 0.171. The van der Waals surface area contributed by atoms with E-state index in [2.05, 4.69) is 22.5 Å². The lowest BCUT2D eigenvalue weighted by molar-refractivity contribution is 0.130. The molecule has 2 aliphatic heterocycles. The monoisotopic (exact) mass is 252 g/mol. The third-order valence-electron chi connectivity index (χ3n) is 3.77. The number of nitrogens with zero attached hydrogens (tertiary/aromatic N) is 2. The molecule has 0 spiro atoms. The quantitative estimate of drug-likeness (QED) is 0.873. The first-order valence-electron chi connectivity index (χ1n) is 6.62. The van der Waals surface area contributed by atoms with E-state index in [4.69, 9.17) is 4.98 Å². The van der Waals surface area contributed by atoms with E-state index < -0.39 is 0 Å². The lowest BCUT2D eigenvalue weighted by atomic mass is 10.00. The lowest BCUT2D eigenvalue weighted by Gasteiger charge is -2.19. The minimum atomic E-state index is -0.171. The number of aliphatic hydroxyl groups is 1. The highest BCUT2D eigenvalue weighted by molar-refractivity contribution is 7.99. The third kappa shape index (κ3) is 2.68. The number of thioether (sulfide) groups is 1. The van der Waals surface area contributed by atoms with Crippen molar-refractivity contribution in [3.8, 4) is 0 Å². The van der Waals surface area contributed by atoms with Crippen LogP contribution in [0.2, 0.25) is 0 Å². The molecule has 4 heteroatoms. The van der Waals surface area contributed by atoms with Crippen molar-refractivity contribution in [2.75, 3.05) is 11.5 Å². The molecule has 3 rings (SSSR count). The highest BCUT2D eigenvalue weighted by Gasteiger charge is 2.20. The summed E-state index contributed by atoms with van der Waals surface area (Å²) < 4.78 is 2.15. The van der Waals surface area contributed by atoms with Gasteiger partial charge in [-0.2, -0.15) is 11.8 Å². The first-order chi connectivity index (χ1) is 8.31. The molecule has 0 saturated carbocycles. The molecule has 17 heavy (non-hydrogen) atoms. The zero-order valence-corrected chi connectivity index (χ0v) is 11.0. The normalized spacial score (nSPS) is 29.0. The van der Waals surface area contributed by atoms with Crippen molar-refractivity contribution in [2.45, 2.75) is 44.8 Å². The van der Waals surface area contributed by atoms with Gasteiger partial charge in [-0.15, -0.1) is 0 Å². The van der Waals surface area contributed by atoms with Gasteiger partial charge in [-0.25, -0.2) is 4.98 Å². The third-order valence-corrected chi connectivity index (χ3v) is 5.05. The molecule has 3 heterocycles. The molecule has 0 radical (unpaired) electrons. The molecular weight excluding hydrogens is 232 g/mol. The van der Waals surface area contributed by atoms with E-state index in [1.807, 2.05) is 0 Å². The van der Waals surface area contributed by atoms with Crippen molar-refractivity contribution in [1.29, 1.82) is 0 Å². The summed E-state index contributed by atoms with van der Waals surface area (Å²) in [7, 11) is 0. The van der Waals surface area contributed by atoms with Gasteiger partial charge < -0.3 is 9.67 Å².